The van der Waals surface area contributed by atoms with Crippen LogP contribution in [0.1, 0.15) is 44.6 Å². The lowest BCUT2D eigenvalue weighted by Crippen LogP contribution is -2.15. The largest absolute Gasteiger partial charge is 0.480 e. The Hall–Kier alpha value is -2.04. The van der Waals surface area contributed by atoms with Gasteiger partial charge in [-0.25, -0.2) is 0 Å². The van der Waals surface area contributed by atoms with Crippen LogP contribution in [0.15, 0.2) is 24.3 Å². The zero-order valence-corrected chi connectivity index (χ0v) is 12.6. The zero-order chi connectivity index (χ0) is 15.7. The van der Waals surface area contributed by atoms with Gasteiger partial charge in [0.1, 0.15) is 6.54 Å². The van der Waals surface area contributed by atoms with Crippen LogP contribution < -0.4 is 5.32 Å². The smallest absolute Gasteiger partial charge is 0.322 e. The number of para-hydroxylation sites is 1. The first kappa shape index (κ1) is 17.0. The third kappa shape index (κ3) is 6.29. The molecule has 116 valence electrons. The Morgan fingerprint density at radius 2 is 2.05 bits per heavy atom. The Kier molecular flexibility index (Phi) is 7.29. The number of ether oxygens (including phenoxy) is 1. The van der Waals surface area contributed by atoms with Crippen LogP contribution >= 0.6 is 0 Å². The van der Waals surface area contributed by atoms with Gasteiger partial charge in [0, 0.05) is 5.69 Å². The van der Waals surface area contributed by atoms with Gasteiger partial charge < -0.3 is 15.2 Å². The maximum Gasteiger partial charge on any atom is 0.322 e. The second kappa shape index (κ2) is 9.00. The Morgan fingerprint density at radius 1 is 1.33 bits per heavy atom. The Morgan fingerprint density at radius 3 is 2.71 bits per heavy atom. The highest BCUT2D eigenvalue weighted by atomic mass is 16.5. The molecule has 1 aromatic carbocycles. The van der Waals surface area contributed by atoms with Crippen LogP contribution in [-0.2, 0) is 14.3 Å². The molecule has 0 aliphatic carbocycles. The summed E-state index contributed by atoms with van der Waals surface area (Å²) in [6.07, 6.45) is 2.15. The number of carboxylic acids is 1. The second-order valence-electron chi connectivity index (χ2n) is 5.01. The number of hydrogen-bond acceptors (Lipinski definition) is 4. The monoisotopic (exact) mass is 293 g/mol. The zero-order valence-electron chi connectivity index (χ0n) is 12.6. The number of nitrogens with one attached hydrogen (secondary N) is 1. The van der Waals surface area contributed by atoms with Crippen LogP contribution in [0.5, 0.6) is 0 Å². The normalized spacial score (nSPS) is 11.7. The molecule has 5 nitrogen and oxygen atoms in total. The van der Waals surface area contributed by atoms with Gasteiger partial charge in [0.25, 0.3) is 0 Å². The van der Waals surface area contributed by atoms with Gasteiger partial charge in [-0.1, -0.05) is 38.5 Å². The van der Waals surface area contributed by atoms with Gasteiger partial charge in [-0.15, -0.1) is 0 Å². The van der Waals surface area contributed by atoms with Crippen molar-refractivity contribution >= 4 is 17.6 Å². The van der Waals surface area contributed by atoms with Crippen molar-refractivity contribution in [3.05, 3.63) is 29.8 Å². The highest BCUT2D eigenvalue weighted by Crippen LogP contribution is 2.27. The van der Waals surface area contributed by atoms with Crippen molar-refractivity contribution in [2.45, 2.75) is 39.0 Å². The molecule has 0 spiro atoms. The number of hydrogen-bond donors (Lipinski definition) is 2. The maximum absolute atomic E-state index is 11.7. The van der Waals surface area contributed by atoms with E-state index >= 15 is 0 Å². The summed E-state index contributed by atoms with van der Waals surface area (Å²) in [5.41, 5.74) is 1.67. The first-order chi connectivity index (χ1) is 10.0. The molecule has 1 atom stereocenters. The molecule has 0 aromatic heterocycles. The summed E-state index contributed by atoms with van der Waals surface area (Å²) in [4.78, 5) is 22.4. The first-order valence-electron chi connectivity index (χ1n) is 7.24. The number of carboxylic acid groups (broad SMARTS) is 1. The quantitative estimate of drug-likeness (QED) is 0.540. The van der Waals surface area contributed by atoms with E-state index in [1.807, 2.05) is 38.1 Å². The molecule has 21 heavy (non-hydrogen) atoms. The number of unbranched alkanes of at least 4 members (excludes halogenated alkanes) is 1. The third-order valence-electron chi connectivity index (χ3n) is 3.16. The predicted molar refractivity (Wildman–Crippen MR) is 81.5 cm³/mol. The number of aliphatic carboxylic acids is 1. The fraction of sp³-hybridized carbons (Fsp3) is 0.500. The Labute approximate surface area is 125 Å². The van der Waals surface area contributed by atoms with E-state index in [2.05, 4.69) is 5.32 Å². The molecule has 0 heterocycles. The Balaban J connectivity index is 2.62. The summed E-state index contributed by atoms with van der Waals surface area (Å²) in [7, 11) is 0. The molecule has 0 radical (unpaired) electrons. The summed E-state index contributed by atoms with van der Waals surface area (Å²) in [5, 5.41) is 11.6. The van der Waals surface area contributed by atoms with Gasteiger partial charge >= 0.3 is 11.9 Å². The standard InChI is InChI=1S/C16H23NO4/c1-3-4-9-21-16(20)10-12(2)13-7-5-6-8-14(13)17-11-15(18)19/h5-8,12,17H,3-4,9-11H2,1-2H3,(H,18,19). The molecular weight excluding hydrogens is 270 g/mol. The van der Waals surface area contributed by atoms with E-state index in [4.69, 9.17) is 9.84 Å². The van der Waals surface area contributed by atoms with E-state index in [0.717, 1.165) is 24.1 Å². The summed E-state index contributed by atoms with van der Waals surface area (Å²) >= 11 is 0. The van der Waals surface area contributed by atoms with Crippen LogP contribution in [0, 0.1) is 0 Å². The molecule has 2 N–H and O–H groups in total. The first-order valence-corrected chi connectivity index (χ1v) is 7.24. The maximum atomic E-state index is 11.7. The number of rotatable bonds is 9. The van der Waals surface area contributed by atoms with Crippen LogP contribution in [0.25, 0.3) is 0 Å². The Bertz CT molecular complexity index is 473. The SMILES string of the molecule is CCCCOC(=O)CC(C)c1ccccc1NCC(=O)O. The van der Waals surface area contributed by atoms with Crippen LogP contribution in [0.2, 0.25) is 0 Å². The van der Waals surface area contributed by atoms with E-state index in [0.29, 0.717) is 6.61 Å². The molecule has 0 fully saturated rings. The number of carbonyl (C=O) groups excluding carboxylic acids is 1. The number of benzene rings is 1. The molecule has 1 aromatic rings. The number of anilines is 1. The second-order valence-corrected chi connectivity index (χ2v) is 5.01. The highest BCUT2D eigenvalue weighted by Gasteiger charge is 2.15. The molecule has 5 heteroatoms. The van der Waals surface area contributed by atoms with Crippen LogP contribution in [-0.4, -0.2) is 30.2 Å². The van der Waals surface area contributed by atoms with E-state index in [9.17, 15) is 9.59 Å². The minimum Gasteiger partial charge on any atom is -0.480 e. The minimum absolute atomic E-state index is 0.0309. The van der Waals surface area contributed by atoms with E-state index < -0.39 is 5.97 Å². The van der Waals surface area contributed by atoms with Crippen LogP contribution in [0.4, 0.5) is 5.69 Å². The van der Waals surface area contributed by atoms with Crippen molar-refractivity contribution in [2.75, 3.05) is 18.5 Å². The molecule has 1 unspecified atom stereocenters. The molecule has 0 amide bonds. The topological polar surface area (TPSA) is 75.6 Å². The summed E-state index contributed by atoms with van der Waals surface area (Å²) in [6.45, 7) is 4.29. The van der Waals surface area contributed by atoms with Crippen molar-refractivity contribution in [1.29, 1.82) is 0 Å². The molecule has 0 saturated heterocycles. The van der Waals surface area contributed by atoms with Crippen molar-refractivity contribution in [3.63, 3.8) is 0 Å². The highest BCUT2D eigenvalue weighted by molar-refractivity contribution is 5.74. The summed E-state index contributed by atoms with van der Waals surface area (Å²) in [5.74, 6) is -1.17. The van der Waals surface area contributed by atoms with Crippen molar-refractivity contribution < 1.29 is 19.4 Å². The molecule has 0 saturated carbocycles. The van der Waals surface area contributed by atoms with E-state index in [-0.39, 0.29) is 24.9 Å². The van der Waals surface area contributed by atoms with Gasteiger partial charge in [-0.2, -0.15) is 0 Å². The average Bonchev–Trinajstić information content (AvgIpc) is 2.45. The predicted octanol–water partition coefficient (Wildman–Crippen LogP) is 3.02. The van der Waals surface area contributed by atoms with Crippen molar-refractivity contribution in [2.24, 2.45) is 0 Å². The van der Waals surface area contributed by atoms with E-state index in [1.165, 1.54) is 0 Å². The van der Waals surface area contributed by atoms with Gasteiger partial charge in [0.05, 0.1) is 13.0 Å². The van der Waals surface area contributed by atoms with Crippen molar-refractivity contribution in [1.82, 2.24) is 0 Å². The molecular formula is C16H23NO4. The van der Waals surface area contributed by atoms with Gasteiger partial charge in [-0.3, -0.25) is 9.59 Å². The molecule has 0 aliphatic heterocycles. The molecule has 1 rings (SSSR count). The van der Waals surface area contributed by atoms with Gasteiger partial charge in [-0.05, 0) is 24.0 Å². The van der Waals surface area contributed by atoms with Gasteiger partial charge in [0.15, 0.2) is 0 Å². The fourth-order valence-corrected chi connectivity index (χ4v) is 2.01. The van der Waals surface area contributed by atoms with Gasteiger partial charge in [0.2, 0.25) is 0 Å². The molecule has 0 aliphatic rings. The summed E-state index contributed by atoms with van der Waals surface area (Å²) < 4.78 is 5.16. The lowest BCUT2D eigenvalue weighted by Gasteiger charge is -2.16. The lowest BCUT2D eigenvalue weighted by atomic mass is 9.96. The van der Waals surface area contributed by atoms with Crippen molar-refractivity contribution in [3.8, 4) is 0 Å². The number of carbonyl (C=O) groups is 2. The number of esters is 1. The third-order valence-corrected chi connectivity index (χ3v) is 3.16. The average molecular weight is 293 g/mol. The minimum atomic E-state index is -0.920. The van der Waals surface area contributed by atoms with Crippen LogP contribution in [0.3, 0.4) is 0 Å². The fourth-order valence-electron chi connectivity index (χ4n) is 2.01. The van der Waals surface area contributed by atoms with E-state index in [1.54, 1.807) is 0 Å². The molecule has 0 bridgehead atoms. The summed E-state index contributed by atoms with van der Waals surface area (Å²) in [6, 6.07) is 7.42. The lowest BCUT2D eigenvalue weighted by molar-refractivity contribution is -0.144.